The van der Waals surface area contributed by atoms with Crippen LogP contribution in [0.4, 0.5) is 5.69 Å². The summed E-state index contributed by atoms with van der Waals surface area (Å²) in [7, 11) is 1.49. The highest BCUT2D eigenvalue weighted by molar-refractivity contribution is 6.37. The Balaban J connectivity index is 2.55. The number of anilines is 1. The van der Waals surface area contributed by atoms with E-state index < -0.39 is 11.9 Å². The quantitative estimate of drug-likeness (QED) is 0.493. The molecule has 0 aliphatic rings. The number of amides is 1. The normalized spacial score (nSPS) is 9.67. The van der Waals surface area contributed by atoms with Crippen molar-refractivity contribution in [1.82, 2.24) is 0 Å². The number of esters is 1. The second-order valence-electron chi connectivity index (χ2n) is 3.64. The number of hydrogen-bond donors (Lipinski definition) is 1. The number of unbranched alkanes of at least 4 members (excludes halogenated alkanes) is 1. The predicted octanol–water partition coefficient (Wildman–Crippen LogP) is 1.98. The number of hydrogen-bond acceptors (Lipinski definition) is 4. The van der Waals surface area contributed by atoms with E-state index in [-0.39, 0.29) is 6.61 Å². The first kappa shape index (κ1) is 14.0. The lowest BCUT2D eigenvalue weighted by Gasteiger charge is -2.09. The molecule has 1 amide bonds. The number of carbonyl (C=O) groups excluding carboxylic acids is 2. The molecule has 0 bridgehead atoms. The van der Waals surface area contributed by atoms with E-state index in [1.165, 1.54) is 7.11 Å². The molecule has 5 heteroatoms. The Hall–Kier alpha value is -2.04. The van der Waals surface area contributed by atoms with E-state index in [9.17, 15) is 9.59 Å². The van der Waals surface area contributed by atoms with Crippen molar-refractivity contribution in [3.05, 3.63) is 24.3 Å². The standard InChI is InChI=1S/C13H17NO4/c1-3-4-9-18-13(16)12(15)14-10-7-5-6-8-11(10)17-2/h5-8H,3-4,9H2,1-2H3,(H,14,15). The van der Waals surface area contributed by atoms with Crippen LogP contribution in [0.2, 0.25) is 0 Å². The van der Waals surface area contributed by atoms with Gasteiger partial charge in [0.25, 0.3) is 0 Å². The van der Waals surface area contributed by atoms with Gasteiger partial charge in [-0.2, -0.15) is 0 Å². The molecule has 0 saturated carbocycles. The molecule has 18 heavy (non-hydrogen) atoms. The van der Waals surface area contributed by atoms with Crippen LogP contribution in [-0.4, -0.2) is 25.6 Å². The summed E-state index contributed by atoms with van der Waals surface area (Å²) in [6, 6.07) is 6.85. The summed E-state index contributed by atoms with van der Waals surface area (Å²) in [5.41, 5.74) is 0.442. The number of rotatable bonds is 5. The SMILES string of the molecule is CCCCOC(=O)C(=O)Nc1ccccc1OC. The van der Waals surface area contributed by atoms with Gasteiger partial charge < -0.3 is 14.8 Å². The van der Waals surface area contributed by atoms with E-state index in [0.29, 0.717) is 11.4 Å². The number of ether oxygens (including phenoxy) is 2. The van der Waals surface area contributed by atoms with Gasteiger partial charge in [0.05, 0.1) is 19.4 Å². The first-order chi connectivity index (χ1) is 8.69. The molecule has 1 aromatic carbocycles. The molecule has 0 aliphatic carbocycles. The van der Waals surface area contributed by atoms with Gasteiger partial charge in [-0.1, -0.05) is 25.5 Å². The van der Waals surface area contributed by atoms with Crippen molar-refractivity contribution in [2.24, 2.45) is 0 Å². The van der Waals surface area contributed by atoms with Gasteiger partial charge in [0, 0.05) is 0 Å². The van der Waals surface area contributed by atoms with Gasteiger partial charge >= 0.3 is 11.9 Å². The van der Waals surface area contributed by atoms with E-state index in [4.69, 9.17) is 9.47 Å². The number of benzene rings is 1. The molecule has 0 radical (unpaired) electrons. The average Bonchev–Trinajstić information content (AvgIpc) is 2.39. The Morgan fingerprint density at radius 3 is 2.67 bits per heavy atom. The maximum atomic E-state index is 11.5. The predicted molar refractivity (Wildman–Crippen MR) is 67.5 cm³/mol. The third-order valence-corrected chi connectivity index (χ3v) is 2.27. The second kappa shape index (κ2) is 7.32. The molecule has 5 nitrogen and oxygen atoms in total. The average molecular weight is 251 g/mol. The monoisotopic (exact) mass is 251 g/mol. The van der Waals surface area contributed by atoms with Crippen molar-refractivity contribution >= 4 is 17.6 Å². The molecular weight excluding hydrogens is 234 g/mol. The molecule has 0 atom stereocenters. The zero-order valence-electron chi connectivity index (χ0n) is 10.6. The number of para-hydroxylation sites is 2. The van der Waals surface area contributed by atoms with Crippen LogP contribution < -0.4 is 10.1 Å². The molecule has 0 aromatic heterocycles. The number of carbonyl (C=O) groups is 2. The van der Waals surface area contributed by atoms with Crippen LogP contribution in [0.3, 0.4) is 0 Å². The minimum atomic E-state index is -0.880. The lowest BCUT2D eigenvalue weighted by molar-refractivity contribution is -0.152. The molecule has 0 unspecified atom stereocenters. The van der Waals surface area contributed by atoms with Crippen molar-refractivity contribution in [1.29, 1.82) is 0 Å². The highest BCUT2D eigenvalue weighted by Crippen LogP contribution is 2.22. The van der Waals surface area contributed by atoms with E-state index in [1.807, 2.05) is 6.92 Å². The van der Waals surface area contributed by atoms with Gasteiger partial charge in [-0.05, 0) is 18.6 Å². The molecule has 1 aromatic rings. The summed E-state index contributed by atoms with van der Waals surface area (Å²) in [4.78, 5) is 22.9. The van der Waals surface area contributed by atoms with Gasteiger partial charge in [-0.3, -0.25) is 4.79 Å². The number of nitrogens with one attached hydrogen (secondary N) is 1. The minimum Gasteiger partial charge on any atom is -0.495 e. The van der Waals surface area contributed by atoms with Gasteiger partial charge in [0.1, 0.15) is 5.75 Å². The first-order valence-corrected chi connectivity index (χ1v) is 5.80. The minimum absolute atomic E-state index is 0.259. The van der Waals surface area contributed by atoms with Crippen molar-refractivity contribution in [2.45, 2.75) is 19.8 Å². The van der Waals surface area contributed by atoms with Crippen LogP contribution in [0.5, 0.6) is 5.75 Å². The maximum Gasteiger partial charge on any atom is 0.397 e. The zero-order chi connectivity index (χ0) is 13.4. The van der Waals surface area contributed by atoms with Crippen LogP contribution in [-0.2, 0) is 14.3 Å². The van der Waals surface area contributed by atoms with Gasteiger partial charge in [0.2, 0.25) is 0 Å². The maximum absolute atomic E-state index is 11.5. The second-order valence-corrected chi connectivity index (χ2v) is 3.64. The molecule has 0 fully saturated rings. The first-order valence-electron chi connectivity index (χ1n) is 5.80. The molecule has 1 rings (SSSR count). The lowest BCUT2D eigenvalue weighted by atomic mass is 10.3. The van der Waals surface area contributed by atoms with Crippen molar-refractivity contribution in [2.75, 3.05) is 19.0 Å². The Bertz CT molecular complexity index is 417. The Kier molecular flexibility index (Phi) is 5.70. The number of methoxy groups -OCH3 is 1. The Morgan fingerprint density at radius 1 is 1.28 bits per heavy atom. The molecule has 0 aliphatic heterocycles. The Labute approximate surface area is 106 Å². The molecule has 1 N–H and O–H groups in total. The zero-order valence-corrected chi connectivity index (χ0v) is 10.6. The van der Waals surface area contributed by atoms with Gasteiger partial charge in [-0.15, -0.1) is 0 Å². The van der Waals surface area contributed by atoms with Crippen molar-refractivity contribution in [3.8, 4) is 5.75 Å². The summed E-state index contributed by atoms with van der Waals surface area (Å²) in [5.74, 6) is -1.18. The van der Waals surface area contributed by atoms with Crippen LogP contribution in [0.15, 0.2) is 24.3 Å². The van der Waals surface area contributed by atoms with Crippen LogP contribution in [0.1, 0.15) is 19.8 Å². The molecule has 0 saturated heterocycles. The lowest BCUT2D eigenvalue weighted by Crippen LogP contribution is -2.25. The summed E-state index contributed by atoms with van der Waals surface area (Å²) < 4.78 is 9.86. The van der Waals surface area contributed by atoms with Crippen molar-refractivity contribution in [3.63, 3.8) is 0 Å². The fourth-order valence-electron chi connectivity index (χ4n) is 1.30. The molecular formula is C13H17NO4. The molecule has 0 spiro atoms. The largest absolute Gasteiger partial charge is 0.495 e. The van der Waals surface area contributed by atoms with Crippen LogP contribution >= 0.6 is 0 Å². The summed E-state index contributed by atoms with van der Waals surface area (Å²) in [5, 5.41) is 2.45. The third-order valence-electron chi connectivity index (χ3n) is 2.27. The fraction of sp³-hybridized carbons (Fsp3) is 0.385. The third kappa shape index (κ3) is 4.08. The summed E-state index contributed by atoms with van der Waals surface area (Å²) in [6.07, 6.45) is 1.65. The fourth-order valence-corrected chi connectivity index (χ4v) is 1.30. The van der Waals surface area contributed by atoms with Crippen LogP contribution in [0, 0.1) is 0 Å². The molecule has 98 valence electrons. The van der Waals surface area contributed by atoms with E-state index in [2.05, 4.69) is 5.32 Å². The van der Waals surface area contributed by atoms with E-state index >= 15 is 0 Å². The summed E-state index contributed by atoms with van der Waals surface area (Å²) >= 11 is 0. The Morgan fingerprint density at radius 2 is 2.00 bits per heavy atom. The van der Waals surface area contributed by atoms with Gasteiger partial charge in [-0.25, -0.2) is 4.79 Å². The smallest absolute Gasteiger partial charge is 0.397 e. The summed E-state index contributed by atoms with van der Waals surface area (Å²) in [6.45, 7) is 2.23. The van der Waals surface area contributed by atoms with Crippen molar-refractivity contribution < 1.29 is 19.1 Å². The molecule has 0 heterocycles. The van der Waals surface area contributed by atoms with Gasteiger partial charge in [0.15, 0.2) is 0 Å². The highest BCUT2D eigenvalue weighted by atomic mass is 16.5. The topological polar surface area (TPSA) is 64.6 Å². The van der Waals surface area contributed by atoms with E-state index in [1.54, 1.807) is 24.3 Å². The highest BCUT2D eigenvalue weighted by Gasteiger charge is 2.16. The van der Waals surface area contributed by atoms with E-state index in [0.717, 1.165) is 12.8 Å². The van der Waals surface area contributed by atoms with Crippen LogP contribution in [0.25, 0.3) is 0 Å².